The van der Waals surface area contributed by atoms with Gasteiger partial charge >= 0.3 is 0 Å². The molecule has 1 N–H and O–H groups in total. The van der Waals surface area contributed by atoms with Crippen LogP contribution in [0.25, 0.3) is 0 Å². The Morgan fingerprint density at radius 3 is 2.53 bits per heavy atom. The first-order valence-electron chi connectivity index (χ1n) is 10.4. The minimum Gasteiger partial charge on any atom is -0.267 e. The van der Waals surface area contributed by atoms with Crippen molar-refractivity contribution in [3.8, 4) is 0 Å². The summed E-state index contributed by atoms with van der Waals surface area (Å²) in [7, 11) is 0. The Balaban J connectivity index is 1.88. The van der Waals surface area contributed by atoms with E-state index < -0.39 is 0 Å². The molecule has 30 heavy (non-hydrogen) atoms. The van der Waals surface area contributed by atoms with Gasteiger partial charge in [-0.15, -0.1) is 0 Å². The van der Waals surface area contributed by atoms with Crippen molar-refractivity contribution >= 4 is 12.1 Å². The van der Waals surface area contributed by atoms with E-state index in [2.05, 4.69) is 61.4 Å². The quantitative estimate of drug-likeness (QED) is 0.329. The van der Waals surface area contributed by atoms with Crippen LogP contribution in [0.5, 0.6) is 0 Å². The maximum Gasteiger partial charge on any atom is 0.271 e. The van der Waals surface area contributed by atoms with E-state index in [0.29, 0.717) is 5.56 Å². The average molecular weight is 404 g/mol. The number of aromatic nitrogens is 1. The summed E-state index contributed by atoms with van der Waals surface area (Å²) >= 11 is 0. The predicted octanol–water partition coefficient (Wildman–Crippen LogP) is 6.33. The fourth-order valence-corrected chi connectivity index (χ4v) is 3.51. The lowest BCUT2D eigenvalue weighted by molar-refractivity contribution is 0.0955. The Bertz CT molecular complexity index is 913. The van der Waals surface area contributed by atoms with Gasteiger partial charge in [0, 0.05) is 24.2 Å². The molecule has 1 aromatic heterocycles. The standard InChI is InChI=1S/C26H33N3O/c1-20(11-12-24-22(3)10-7-16-26(24,4)5)8-6-9-21(2)13-19-28-29-25(30)23-14-17-27-18-15-23/h6,8-9,11-15,17-19H,7,10,16H2,1-5H3,(H,29,30)/b9-6-,12-11-,20-8-,21-13-,28-19+. The van der Waals surface area contributed by atoms with Gasteiger partial charge < -0.3 is 0 Å². The van der Waals surface area contributed by atoms with E-state index in [1.54, 1.807) is 30.7 Å². The first kappa shape index (κ1) is 23.3. The monoisotopic (exact) mass is 403 g/mol. The molecular formula is C26H33N3O. The third-order valence-electron chi connectivity index (χ3n) is 5.29. The molecule has 158 valence electrons. The lowest BCUT2D eigenvalue weighted by atomic mass is 9.72. The van der Waals surface area contributed by atoms with Crippen LogP contribution in [-0.4, -0.2) is 17.1 Å². The minimum absolute atomic E-state index is 0.257. The summed E-state index contributed by atoms with van der Waals surface area (Å²) in [6, 6.07) is 3.29. The van der Waals surface area contributed by atoms with Crippen LogP contribution in [-0.2, 0) is 0 Å². The number of rotatable bonds is 7. The van der Waals surface area contributed by atoms with Gasteiger partial charge in [-0.25, -0.2) is 5.43 Å². The van der Waals surface area contributed by atoms with E-state index >= 15 is 0 Å². The summed E-state index contributed by atoms with van der Waals surface area (Å²) in [6.45, 7) is 11.0. The van der Waals surface area contributed by atoms with Gasteiger partial charge in [-0.05, 0) is 74.8 Å². The van der Waals surface area contributed by atoms with Crippen molar-refractivity contribution in [3.05, 3.63) is 88.8 Å². The normalized spacial score (nSPS) is 18.0. The number of amides is 1. The predicted molar refractivity (Wildman–Crippen MR) is 126 cm³/mol. The molecule has 0 atom stereocenters. The van der Waals surface area contributed by atoms with Crippen LogP contribution in [0.4, 0.5) is 0 Å². The molecule has 1 amide bonds. The molecule has 0 saturated heterocycles. The Morgan fingerprint density at radius 1 is 1.13 bits per heavy atom. The summed E-state index contributed by atoms with van der Waals surface area (Å²) in [4.78, 5) is 15.8. The maximum absolute atomic E-state index is 11.9. The van der Waals surface area contributed by atoms with Gasteiger partial charge in [-0.1, -0.05) is 55.4 Å². The summed E-state index contributed by atoms with van der Waals surface area (Å²) < 4.78 is 0. The lowest BCUT2D eigenvalue weighted by Crippen LogP contribution is -2.19. The second kappa shape index (κ2) is 11.2. The number of nitrogens with zero attached hydrogens (tertiary/aromatic N) is 2. The zero-order valence-corrected chi connectivity index (χ0v) is 18.8. The molecule has 0 aromatic carbocycles. The molecule has 1 aliphatic rings. The van der Waals surface area contributed by atoms with E-state index in [4.69, 9.17) is 0 Å². The van der Waals surface area contributed by atoms with E-state index in [1.807, 2.05) is 25.2 Å². The largest absolute Gasteiger partial charge is 0.271 e. The summed E-state index contributed by atoms with van der Waals surface area (Å²) in [6.07, 6.45) is 21.0. The third-order valence-corrected chi connectivity index (χ3v) is 5.29. The van der Waals surface area contributed by atoms with Gasteiger partial charge in [0.25, 0.3) is 5.91 Å². The lowest BCUT2D eigenvalue weighted by Gasteiger charge is -2.32. The number of carbonyl (C=O) groups excluding carboxylic acids is 1. The molecule has 0 spiro atoms. The highest BCUT2D eigenvalue weighted by Crippen LogP contribution is 2.40. The SMILES string of the molecule is CC1=C(\C=C/C(C)=C\C=C/C(C)=C\C=N\NC(=O)c2ccncc2)C(C)(C)CCC1. The van der Waals surface area contributed by atoms with Crippen molar-refractivity contribution in [2.24, 2.45) is 10.5 Å². The number of pyridine rings is 1. The van der Waals surface area contributed by atoms with Crippen molar-refractivity contribution in [2.45, 2.75) is 53.9 Å². The van der Waals surface area contributed by atoms with E-state index in [9.17, 15) is 4.79 Å². The van der Waals surface area contributed by atoms with E-state index in [-0.39, 0.29) is 11.3 Å². The molecule has 4 heteroatoms. The molecule has 0 aliphatic heterocycles. The highest BCUT2D eigenvalue weighted by Gasteiger charge is 2.26. The van der Waals surface area contributed by atoms with Crippen LogP contribution in [0.3, 0.4) is 0 Å². The van der Waals surface area contributed by atoms with Gasteiger partial charge in [0.15, 0.2) is 0 Å². The molecule has 1 heterocycles. The number of allylic oxidation sites excluding steroid dienone is 10. The van der Waals surface area contributed by atoms with Crippen LogP contribution in [0, 0.1) is 5.41 Å². The summed E-state index contributed by atoms with van der Waals surface area (Å²) in [5.41, 5.74) is 8.52. The van der Waals surface area contributed by atoms with Crippen LogP contribution in [0.2, 0.25) is 0 Å². The summed E-state index contributed by atoms with van der Waals surface area (Å²) in [5, 5.41) is 3.95. The maximum atomic E-state index is 11.9. The molecule has 4 nitrogen and oxygen atoms in total. The molecule has 0 radical (unpaired) electrons. The van der Waals surface area contributed by atoms with E-state index in [1.165, 1.54) is 36.0 Å². The van der Waals surface area contributed by atoms with Crippen molar-refractivity contribution < 1.29 is 4.79 Å². The van der Waals surface area contributed by atoms with Crippen LogP contribution in [0.1, 0.15) is 64.2 Å². The molecule has 1 aliphatic carbocycles. The second-order valence-electron chi connectivity index (χ2n) is 8.40. The number of carbonyl (C=O) groups is 1. The molecule has 2 rings (SSSR count). The van der Waals surface area contributed by atoms with Crippen molar-refractivity contribution in [2.75, 3.05) is 0 Å². The van der Waals surface area contributed by atoms with E-state index in [0.717, 1.165) is 5.57 Å². The van der Waals surface area contributed by atoms with Crippen LogP contribution < -0.4 is 5.43 Å². The van der Waals surface area contributed by atoms with Crippen LogP contribution in [0.15, 0.2) is 88.4 Å². The second-order valence-corrected chi connectivity index (χ2v) is 8.40. The third kappa shape index (κ3) is 7.43. The molecule has 1 aromatic rings. The summed E-state index contributed by atoms with van der Waals surface area (Å²) in [5.74, 6) is -0.257. The van der Waals surface area contributed by atoms with Crippen molar-refractivity contribution in [3.63, 3.8) is 0 Å². The number of hydrogen-bond acceptors (Lipinski definition) is 3. The van der Waals surface area contributed by atoms with Gasteiger partial charge in [0.2, 0.25) is 0 Å². The first-order valence-corrected chi connectivity index (χ1v) is 10.4. The van der Waals surface area contributed by atoms with Gasteiger partial charge in [-0.2, -0.15) is 5.10 Å². The van der Waals surface area contributed by atoms with Crippen molar-refractivity contribution in [1.82, 2.24) is 10.4 Å². The Kier molecular flexibility index (Phi) is 8.72. The van der Waals surface area contributed by atoms with Crippen LogP contribution >= 0.6 is 0 Å². The Hall–Kier alpha value is -3.01. The molecule has 0 unspecified atom stereocenters. The van der Waals surface area contributed by atoms with Gasteiger partial charge in [0.1, 0.15) is 0 Å². The zero-order valence-electron chi connectivity index (χ0n) is 18.8. The fourth-order valence-electron chi connectivity index (χ4n) is 3.51. The Labute approximate surface area is 180 Å². The first-order chi connectivity index (χ1) is 14.3. The van der Waals surface area contributed by atoms with Gasteiger partial charge in [-0.3, -0.25) is 9.78 Å². The Morgan fingerprint density at radius 2 is 1.83 bits per heavy atom. The number of hydrogen-bond donors (Lipinski definition) is 1. The smallest absolute Gasteiger partial charge is 0.267 e. The highest BCUT2D eigenvalue weighted by atomic mass is 16.2. The van der Waals surface area contributed by atoms with Crippen molar-refractivity contribution in [1.29, 1.82) is 0 Å². The number of hydrazone groups is 1. The average Bonchev–Trinajstić information content (AvgIpc) is 2.71. The fraction of sp³-hybridized carbons (Fsp3) is 0.346. The highest BCUT2D eigenvalue weighted by molar-refractivity contribution is 5.94. The molecule has 0 fully saturated rings. The van der Waals surface area contributed by atoms with Gasteiger partial charge in [0.05, 0.1) is 0 Å². The molecule has 0 saturated carbocycles. The number of nitrogens with one attached hydrogen (secondary N) is 1. The molecular weight excluding hydrogens is 370 g/mol. The molecule has 0 bridgehead atoms. The minimum atomic E-state index is -0.257. The topological polar surface area (TPSA) is 54.4 Å². The zero-order chi connectivity index (χ0) is 22.0.